The first kappa shape index (κ1) is 44.4. The van der Waals surface area contributed by atoms with E-state index < -0.39 is 93.8 Å². The van der Waals surface area contributed by atoms with Crippen LogP contribution in [0.1, 0.15) is 76.3 Å². The van der Waals surface area contributed by atoms with E-state index in [0.717, 1.165) is 0 Å². The minimum absolute atomic E-state index is 0.0755. The quantitative estimate of drug-likeness (QED) is 0.0694. The van der Waals surface area contributed by atoms with Crippen LogP contribution >= 0.6 is 0 Å². The number of aryl methyl sites for hydroxylation is 1. The number of carbonyl (C=O) groups is 2. The van der Waals surface area contributed by atoms with E-state index in [2.05, 4.69) is 10.1 Å². The molecule has 4 aromatic carbocycles. The summed E-state index contributed by atoms with van der Waals surface area (Å²) in [7, 11) is 0. The highest BCUT2D eigenvalue weighted by Gasteiger charge is 2.46. The predicted octanol–water partition coefficient (Wildman–Crippen LogP) is 11.0. The van der Waals surface area contributed by atoms with Crippen molar-refractivity contribution in [2.75, 3.05) is 6.61 Å². The zero-order valence-corrected chi connectivity index (χ0v) is 29.6. The summed E-state index contributed by atoms with van der Waals surface area (Å²) in [5.74, 6) is -8.37. The van der Waals surface area contributed by atoms with Crippen molar-refractivity contribution in [2.45, 2.75) is 75.9 Å². The molecule has 0 heterocycles. The summed E-state index contributed by atoms with van der Waals surface area (Å²) in [5.41, 5.74) is -8.14. The van der Waals surface area contributed by atoms with Gasteiger partial charge in [-0.2, -0.15) is 43.9 Å². The van der Waals surface area contributed by atoms with Crippen LogP contribution in [0.3, 0.4) is 0 Å². The minimum atomic E-state index is -5.41. The van der Waals surface area contributed by atoms with Crippen molar-refractivity contribution >= 4 is 11.9 Å². The second kappa shape index (κ2) is 17.9. The van der Waals surface area contributed by atoms with Gasteiger partial charge in [-0.25, -0.2) is 13.2 Å². The third-order valence-corrected chi connectivity index (χ3v) is 8.64. The smallest absolute Gasteiger partial charge is 0.461 e. The zero-order chi connectivity index (χ0) is 42.3. The van der Waals surface area contributed by atoms with E-state index in [9.17, 15) is 62.3 Å². The highest BCUT2D eigenvalue weighted by molar-refractivity contribution is 5.95. The molecule has 0 radical (unpaired) electrons. The molecule has 0 fully saturated rings. The number of hydrogen-bond donors (Lipinski definition) is 1. The molecule has 0 unspecified atom stereocenters. The third kappa shape index (κ3) is 11.4. The SMILES string of the molecule is CCOC(=O)CCCCCc1ccc(C[C@](NC(=O)c2ccc(F)c(C(F)(F)F)c2)(c2cc(F)cc(OC(F)(F)C(F)F)c2)c2ccc(F)c(C(F)(F)F)c2)cc1. The molecular formula is C39H32F13NO4. The first-order valence-corrected chi connectivity index (χ1v) is 17.0. The van der Waals surface area contributed by atoms with E-state index in [1.165, 1.54) is 12.1 Å². The molecule has 0 spiro atoms. The van der Waals surface area contributed by atoms with Crippen molar-refractivity contribution in [1.29, 1.82) is 0 Å². The van der Waals surface area contributed by atoms with E-state index >= 15 is 4.39 Å². The standard InChI is InChI=1S/C39H32F13NO4/c1-2-56-33(54)7-5-3-4-6-22-8-10-23(11-9-22)21-36(25-13-15-32(42)30(19-25)38(48,49)50,26-17-27(40)20-28(18-26)57-39(51,52)35(43)44)53-34(55)24-12-14-31(41)29(16-24)37(45,46)47/h8-20,35H,2-7,21H2,1H3,(H,53,55)/t36-/m1/s1. The van der Waals surface area contributed by atoms with Crippen LogP contribution in [0.15, 0.2) is 78.9 Å². The van der Waals surface area contributed by atoms with Crippen LogP contribution < -0.4 is 10.1 Å². The summed E-state index contributed by atoms with van der Waals surface area (Å²) < 4.78 is 191. The molecule has 1 amide bonds. The maximum Gasteiger partial charge on any atom is 0.461 e. The van der Waals surface area contributed by atoms with Gasteiger partial charge in [0.25, 0.3) is 5.91 Å². The highest BCUT2D eigenvalue weighted by Crippen LogP contribution is 2.41. The molecule has 1 N–H and O–H groups in total. The second-order valence-electron chi connectivity index (χ2n) is 12.7. The van der Waals surface area contributed by atoms with Crippen molar-refractivity contribution in [3.63, 3.8) is 0 Å². The average molecular weight is 826 g/mol. The molecular weight excluding hydrogens is 793 g/mol. The maximum atomic E-state index is 15.3. The fraction of sp³-hybridized carbons (Fsp3) is 0.333. The number of rotatable bonds is 16. The van der Waals surface area contributed by atoms with Gasteiger partial charge in [0.2, 0.25) is 0 Å². The van der Waals surface area contributed by atoms with Gasteiger partial charge in [0, 0.05) is 24.5 Å². The predicted molar refractivity (Wildman–Crippen MR) is 178 cm³/mol. The summed E-state index contributed by atoms with van der Waals surface area (Å²) in [6.07, 6.45) is -18.8. The number of esters is 1. The second-order valence-corrected chi connectivity index (χ2v) is 12.7. The molecule has 0 saturated carbocycles. The highest BCUT2D eigenvalue weighted by atomic mass is 19.4. The van der Waals surface area contributed by atoms with Crippen LogP contribution in [0, 0.1) is 17.5 Å². The van der Waals surface area contributed by atoms with Gasteiger partial charge in [-0.1, -0.05) is 36.8 Å². The molecule has 4 aromatic rings. The summed E-state index contributed by atoms with van der Waals surface area (Å²) >= 11 is 0. The van der Waals surface area contributed by atoms with Gasteiger partial charge in [-0.3, -0.25) is 9.59 Å². The number of halogens is 13. The number of ether oxygens (including phenoxy) is 2. The summed E-state index contributed by atoms with van der Waals surface area (Å²) in [4.78, 5) is 25.4. The monoisotopic (exact) mass is 825 g/mol. The Morgan fingerprint density at radius 3 is 1.88 bits per heavy atom. The Kier molecular flexibility index (Phi) is 13.9. The van der Waals surface area contributed by atoms with Crippen LogP contribution in [0.25, 0.3) is 0 Å². The lowest BCUT2D eigenvalue weighted by atomic mass is 9.76. The fourth-order valence-electron chi connectivity index (χ4n) is 5.93. The van der Waals surface area contributed by atoms with E-state index in [1.807, 2.05) is 0 Å². The lowest BCUT2D eigenvalue weighted by Crippen LogP contribution is -2.49. The van der Waals surface area contributed by atoms with Crippen molar-refractivity contribution in [3.8, 4) is 5.75 Å². The summed E-state index contributed by atoms with van der Waals surface area (Å²) in [6, 6.07) is 9.24. The van der Waals surface area contributed by atoms with E-state index in [-0.39, 0.29) is 48.8 Å². The summed E-state index contributed by atoms with van der Waals surface area (Å²) in [5, 5.41) is 2.23. The number of benzene rings is 4. The molecule has 1 atom stereocenters. The topological polar surface area (TPSA) is 64.6 Å². The normalized spacial score (nSPS) is 13.3. The van der Waals surface area contributed by atoms with Crippen LogP contribution in [0.5, 0.6) is 5.75 Å². The van der Waals surface area contributed by atoms with Gasteiger partial charge >= 0.3 is 30.9 Å². The molecule has 5 nitrogen and oxygen atoms in total. The van der Waals surface area contributed by atoms with Crippen LogP contribution in [0.4, 0.5) is 57.1 Å². The lowest BCUT2D eigenvalue weighted by molar-refractivity contribution is -0.253. The van der Waals surface area contributed by atoms with Gasteiger partial charge in [0.15, 0.2) is 0 Å². The molecule has 0 aromatic heterocycles. The molecule has 4 rings (SSSR count). The largest absolute Gasteiger partial charge is 0.466 e. The molecule has 308 valence electrons. The maximum absolute atomic E-state index is 15.3. The molecule has 57 heavy (non-hydrogen) atoms. The Bertz CT molecular complexity index is 2030. The van der Waals surface area contributed by atoms with Gasteiger partial charge in [-0.05, 0) is 90.9 Å². The van der Waals surface area contributed by atoms with Crippen LogP contribution in [-0.2, 0) is 40.3 Å². The zero-order valence-electron chi connectivity index (χ0n) is 29.6. The van der Waals surface area contributed by atoms with Gasteiger partial charge < -0.3 is 14.8 Å². The first-order chi connectivity index (χ1) is 26.6. The number of amides is 1. The number of hydrogen-bond acceptors (Lipinski definition) is 4. The van der Waals surface area contributed by atoms with Gasteiger partial charge in [0.1, 0.15) is 23.2 Å². The molecule has 0 bridgehead atoms. The van der Waals surface area contributed by atoms with E-state index in [4.69, 9.17) is 4.74 Å². The third-order valence-electron chi connectivity index (χ3n) is 8.64. The van der Waals surface area contributed by atoms with E-state index in [0.29, 0.717) is 61.6 Å². The molecule has 0 saturated heterocycles. The fourth-order valence-corrected chi connectivity index (χ4v) is 5.93. The van der Waals surface area contributed by atoms with E-state index in [1.54, 1.807) is 19.1 Å². The van der Waals surface area contributed by atoms with Crippen molar-refractivity contribution in [1.82, 2.24) is 5.32 Å². The molecule has 18 heteroatoms. The van der Waals surface area contributed by atoms with Crippen molar-refractivity contribution < 1.29 is 76.1 Å². The summed E-state index contributed by atoms with van der Waals surface area (Å²) in [6.45, 7) is 1.90. The Morgan fingerprint density at radius 1 is 0.684 bits per heavy atom. The van der Waals surface area contributed by atoms with Crippen molar-refractivity contribution in [3.05, 3.63) is 135 Å². The van der Waals surface area contributed by atoms with Gasteiger partial charge in [-0.15, -0.1) is 0 Å². The molecule has 0 aliphatic carbocycles. The average Bonchev–Trinajstić information content (AvgIpc) is 3.10. The number of unbranched alkanes of at least 4 members (excludes halogenated alkanes) is 2. The Balaban J connectivity index is 1.90. The Morgan fingerprint density at radius 2 is 1.28 bits per heavy atom. The van der Waals surface area contributed by atoms with Gasteiger partial charge in [0.05, 0.1) is 23.3 Å². The Hall–Kier alpha value is -5.29. The molecule has 0 aliphatic rings. The number of nitrogens with one attached hydrogen (secondary N) is 1. The van der Waals surface area contributed by atoms with Crippen molar-refractivity contribution in [2.24, 2.45) is 0 Å². The number of carbonyl (C=O) groups excluding carboxylic acids is 2. The molecule has 0 aliphatic heterocycles. The Labute approximate surface area is 316 Å². The lowest BCUT2D eigenvalue weighted by Gasteiger charge is -2.37. The first-order valence-electron chi connectivity index (χ1n) is 17.0. The van der Waals surface area contributed by atoms with Crippen LogP contribution in [-0.4, -0.2) is 31.0 Å². The van der Waals surface area contributed by atoms with Crippen LogP contribution in [0.2, 0.25) is 0 Å². The minimum Gasteiger partial charge on any atom is -0.466 e. The number of alkyl halides is 10.